The largest absolute Gasteiger partial charge is 0.468 e. The van der Waals surface area contributed by atoms with Gasteiger partial charge in [0.25, 0.3) is 0 Å². The van der Waals surface area contributed by atoms with Gasteiger partial charge in [0, 0.05) is 12.0 Å². The first-order valence-electron chi connectivity index (χ1n) is 6.12. The lowest BCUT2D eigenvalue weighted by Gasteiger charge is -2.38. The third kappa shape index (κ3) is 2.66. The molecule has 1 heterocycles. The first-order chi connectivity index (χ1) is 7.71. The second-order valence-corrected chi connectivity index (χ2v) is 5.10. The van der Waals surface area contributed by atoms with Gasteiger partial charge in [-0.3, -0.25) is 0 Å². The van der Waals surface area contributed by atoms with Crippen molar-refractivity contribution in [2.75, 3.05) is 6.54 Å². The van der Waals surface area contributed by atoms with Gasteiger partial charge in [-0.05, 0) is 25.0 Å². The summed E-state index contributed by atoms with van der Waals surface area (Å²) in [5.74, 6) is 0.953. The zero-order chi connectivity index (χ0) is 11.4. The molecule has 1 aliphatic rings. The predicted octanol–water partition coefficient (Wildman–Crippen LogP) is 2.31. The predicted molar refractivity (Wildman–Crippen MR) is 63.0 cm³/mol. The molecule has 0 radical (unpaired) electrons. The highest BCUT2D eigenvalue weighted by Crippen LogP contribution is 2.35. The summed E-state index contributed by atoms with van der Waals surface area (Å²) in [6, 6.07) is 3.86. The van der Waals surface area contributed by atoms with Crippen LogP contribution in [0, 0.1) is 5.41 Å². The van der Waals surface area contributed by atoms with E-state index in [9.17, 15) is 5.11 Å². The molecule has 0 saturated heterocycles. The number of aliphatic hydroxyl groups excluding tert-OH is 1. The number of nitrogens with one attached hydrogen (secondary N) is 1. The minimum absolute atomic E-state index is 0.0326. The Labute approximate surface area is 96.8 Å². The van der Waals surface area contributed by atoms with Gasteiger partial charge >= 0.3 is 0 Å². The minimum atomic E-state index is -0.162. The summed E-state index contributed by atoms with van der Waals surface area (Å²) in [7, 11) is 0. The van der Waals surface area contributed by atoms with Crippen molar-refractivity contribution < 1.29 is 9.52 Å². The maximum atomic E-state index is 10.0. The molecule has 0 bridgehead atoms. The second-order valence-electron chi connectivity index (χ2n) is 5.10. The Balaban J connectivity index is 1.79. The first kappa shape index (κ1) is 11.7. The summed E-state index contributed by atoms with van der Waals surface area (Å²) in [4.78, 5) is 0. The average Bonchev–Trinajstić information content (AvgIpc) is 2.76. The molecule has 1 saturated carbocycles. The van der Waals surface area contributed by atoms with Gasteiger partial charge in [0.05, 0.1) is 18.9 Å². The molecule has 2 N–H and O–H groups in total. The van der Waals surface area contributed by atoms with Gasteiger partial charge in [0.15, 0.2) is 0 Å². The molecular formula is C13H21NO2. The molecule has 1 fully saturated rings. The fourth-order valence-electron chi connectivity index (χ4n) is 2.47. The highest BCUT2D eigenvalue weighted by molar-refractivity contribution is 4.98. The first-order valence-corrected chi connectivity index (χ1v) is 6.12. The van der Waals surface area contributed by atoms with E-state index in [1.165, 1.54) is 6.42 Å². The van der Waals surface area contributed by atoms with Crippen LogP contribution < -0.4 is 5.32 Å². The summed E-state index contributed by atoms with van der Waals surface area (Å²) in [6.07, 6.45) is 5.97. The third-order valence-electron chi connectivity index (χ3n) is 3.69. The molecule has 2 rings (SSSR count). The molecule has 1 aliphatic carbocycles. The molecule has 0 aliphatic heterocycles. The zero-order valence-electron chi connectivity index (χ0n) is 9.91. The lowest BCUT2D eigenvalue weighted by atomic mass is 9.73. The summed E-state index contributed by atoms with van der Waals surface area (Å²) in [5.41, 5.74) is 0.0326. The Kier molecular flexibility index (Phi) is 3.66. The maximum Gasteiger partial charge on any atom is 0.117 e. The Hall–Kier alpha value is -0.800. The molecule has 0 aromatic carbocycles. The van der Waals surface area contributed by atoms with Gasteiger partial charge < -0.3 is 14.8 Å². The Bertz CT molecular complexity index is 310. The molecule has 1 aromatic rings. The number of rotatable bonds is 4. The van der Waals surface area contributed by atoms with E-state index >= 15 is 0 Å². The van der Waals surface area contributed by atoms with Crippen molar-refractivity contribution in [1.82, 2.24) is 5.32 Å². The van der Waals surface area contributed by atoms with E-state index in [2.05, 4.69) is 12.2 Å². The van der Waals surface area contributed by atoms with Crippen molar-refractivity contribution in [3.05, 3.63) is 24.2 Å². The summed E-state index contributed by atoms with van der Waals surface area (Å²) in [6.45, 7) is 3.77. The normalized spacial score (nSPS) is 30.5. The maximum absolute atomic E-state index is 10.0. The summed E-state index contributed by atoms with van der Waals surface area (Å²) in [5, 5.41) is 13.4. The van der Waals surface area contributed by atoms with Gasteiger partial charge in [0.1, 0.15) is 5.76 Å². The van der Waals surface area contributed by atoms with Crippen molar-refractivity contribution in [2.45, 2.75) is 45.3 Å². The molecule has 2 unspecified atom stereocenters. The van der Waals surface area contributed by atoms with Crippen LogP contribution in [-0.2, 0) is 6.54 Å². The van der Waals surface area contributed by atoms with Crippen molar-refractivity contribution in [3.8, 4) is 0 Å². The van der Waals surface area contributed by atoms with Crippen LogP contribution in [0.1, 0.15) is 38.4 Å². The third-order valence-corrected chi connectivity index (χ3v) is 3.69. The van der Waals surface area contributed by atoms with Crippen molar-refractivity contribution in [1.29, 1.82) is 0 Å². The van der Waals surface area contributed by atoms with E-state index in [4.69, 9.17) is 4.42 Å². The van der Waals surface area contributed by atoms with Gasteiger partial charge in [-0.1, -0.05) is 19.8 Å². The van der Waals surface area contributed by atoms with E-state index in [1.54, 1.807) is 6.26 Å². The van der Waals surface area contributed by atoms with Crippen molar-refractivity contribution in [2.24, 2.45) is 5.41 Å². The Morgan fingerprint density at radius 2 is 2.44 bits per heavy atom. The molecule has 3 heteroatoms. The number of aliphatic hydroxyl groups is 1. The number of furan rings is 1. The van der Waals surface area contributed by atoms with E-state index < -0.39 is 0 Å². The fraction of sp³-hybridized carbons (Fsp3) is 0.692. The van der Waals surface area contributed by atoms with Gasteiger partial charge in [-0.15, -0.1) is 0 Å². The Morgan fingerprint density at radius 1 is 1.56 bits per heavy atom. The molecular weight excluding hydrogens is 202 g/mol. The highest BCUT2D eigenvalue weighted by atomic mass is 16.3. The number of hydrogen-bond donors (Lipinski definition) is 2. The molecule has 1 aromatic heterocycles. The van der Waals surface area contributed by atoms with Crippen LogP contribution in [0.4, 0.5) is 0 Å². The molecule has 0 amide bonds. The topological polar surface area (TPSA) is 45.4 Å². The SMILES string of the molecule is CC1(CNCc2ccco2)CCCCC1O. The van der Waals surface area contributed by atoms with Gasteiger partial charge in [0.2, 0.25) is 0 Å². The zero-order valence-corrected chi connectivity index (χ0v) is 9.91. The molecule has 16 heavy (non-hydrogen) atoms. The van der Waals surface area contributed by atoms with Crippen molar-refractivity contribution >= 4 is 0 Å². The van der Waals surface area contributed by atoms with Crippen LogP contribution in [0.2, 0.25) is 0 Å². The van der Waals surface area contributed by atoms with Gasteiger partial charge in [-0.2, -0.15) is 0 Å². The van der Waals surface area contributed by atoms with E-state index in [0.29, 0.717) is 0 Å². The van der Waals surface area contributed by atoms with Gasteiger partial charge in [-0.25, -0.2) is 0 Å². The standard InChI is InChI=1S/C13H21NO2/c1-13(7-3-2-6-12(13)15)10-14-9-11-5-4-8-16-11/h4-5,8,12,14-15H,2-3,6-7,9-10H2,1H3. The van der Waals surface area contributed by atoms with E-state index in [1.807, 2.05) is 12.1 Å². The minimum Gasteiger partial charge on any atom is -0.468 e. The average molecular weight is 223 g/mol. The summed E-state index contributed by atoms with van der Waals surface area (Å²) < 4.78 is 5.26. The lowest BCUT2D eigenvalue weighted by molar-refractivity contribution is 0.000927. The quantitative estimate of drug-likeness (QED) is 0.823. The van der Waals surface area contributed by atoms with Crippen LogP contribution in [-0.4, -0.2) is 17.8 Å². The molecule has 3 nitrogen and oxygen atoms in total. The molecule has 90 valence electrons. The second kappa shape index (κ2) is 5.02. The van der Waals surface area contributed by atoms with Crippen LogP contribution in [0.15, 0.2) is 22.8 Å². The summed E-state index contributed by atoms with van der Waals surface area (Å²) >= 11 is 0. The van der Waals surface area contributed by atoms with Crippen LogP contribution in [0.5, 0.6) is 0 Å². The Morgan fingerprint density at radius 3 is 3.12 bits per heavy atom. The molecule has 2 atom stereocenters. The van der Waals surface area contributed by atoms with Crippen LogP contribution in [0.25, 0.3) is 0 Å². The lowest BCUT2D eigenvalue weighted by Crippen LogP contribution is -2.43. The number of hydrogen-bond acceptors (Lipinski definition) is 3. The van der Waals surface area contributed by atoms with Crippen molar-refractivity contribution in [3.63, 3.8) is 0 Å². The smallest absolute Gasteiger partial charge is 0.117 e. The molecule has 0 spiro atoms. The van der Waals surface area contributed by atoms with E-state index in [-0.39, 0.29) is 11.5 Å². The van der Waals surface area contributed by atoms with Crippen LogP contribution >= 0.6 is 0 Å². The monoisotopic (exact) mass is 223 g/mol. The fourth-order valence-corrected chi connectivity index (χ4v) is 2.47. The highest BCUT2D eigenvalue weighted by Gasteiger charge is 2.34. The van der Waals surface area contributed by atoms with E-state index in [0.717, 1.165) is 38.1 Å². The van der Waals surface area contributed by atoms with Crippen LogP contribution in [0.3, 0.4) is 0 Å².